The highest BCUT2D eigenvalue weighted by atomic mass is 32.2. The molecular weight excluding hydrogens is 350 g/mol. The Morgan fingerprint density at radius 1 is 0.958 bits per heavy atom. The highest BCUT2D eigenvalue weighted by molar-refractivity contribution is 7.92. The van der Waals surface area contributed by atoms with E-state index in [1.807, 2.05) is 0 Å². The number of nitrogens with zero attached hydrogens (tertiary/aromatic N) is 1. The number of rotatable bonds is 7. The number of pyridine rings is 1. The minimum absolute atomic E-state index is 0.0208. The van der Waals surface area contributed by atoms with Gasteiger partial charge in [-0.3, -0.25) is 9.71 Å². The average molecular weight is 367 g/mol. The molecule has 1 aromatic heterocycles. The van der Waals surface area contributed by atoms with Crippen LogP contribution in [0.5, 0.6) is 0 Å². The van der Waals surface area contributed by atoms with Gasteiger partial charge in [0, 0.05) is 12.7 Å². The molecule has 1 aliphatic rings. The first kappa shape index (κ1) is 16.9. The van der Waals surface area contributed by atoms with Crippen molar-refractivity contribution in [3.8, 4) is 0 Å². The molecule has 0 atom stereocenters. The first-order valence-corrected chi connectivity index (χ1v) is 10.4. The van der Waals surface area contributed by atoms with Crippen LogP contribution in [0.15, 0.2) is 58.6 Å². The summed E-state index contributed by atoms with van der Waals surface area (Å²) in [5.74, 6) is 0.420. The van der Waals surface area contributed by atoms with E-state index in [1.54, 1.807) is 12.1 Å². The molecule has 128 valence electrons. The van der Waals surface area contributed by atoms with Crippen molar-refractivity contribution in [1.82, 2.24) is 9.71 Å². The molecule has 1 heterocycles. The van der Waals surface area contributed by atoms with E-state index in [4.69, 9.17) is 0 Å². The molecule has 1 aliphatic carbocycles. The Balaban J connectivity index is 1.75. The molecule has 1 fully saturated rings. The Morgan fingerprint density at radius 2 is 1.58 bits per heavy atom. The van der Waals surface area contributed by atoms with Gasteiger partial charge in [0.2, 0.25) is 10.0 Å². The third-order valence-corrected chi connectivity index (χ3v) is 6.45. The van der Waals surface area contributed by atoms with Gasteiger partial charge >= 0.3 is 0 Å². The lowest BCUT2D eigenvalue weighted by Gasteiger charge is -2.09. The van der Waals surface area contributed by atoms with Gasteiger partial charge in [0.25, 0.3) is 10.0 Å². The third kappa shape index (κ3) is 4.11. The van der Waals surface area contributed by atoms with Gasteiger partial charge in [-0.25, -0.2) is 21.6 Å². The molecule has 0 amide bonds. The van der Waals surface area contributed by atoms with E-state index in [2.05, 4.69) is 14.4 Å². The van der Waals surface area contributed by atoms with Crippen LogP contribution in [-0.2, 0) is 20.0 Å². The molecule has 2 N–H and O–H groups in total. The van der Waals surface area contributed by atoms with Crippen molar-refractivity contribution in [3.63, 3.8) is 0 Å². The summed E-state index contributed by atoms with van der Waals surface area (Å²) in [5, 5.41) is 0. The molecule has 3 rings (SSSR count). The molecule has 0 unspecified atom stereocenters. The fraction of sp³-hybridized carbons (Fsp3) is 0.267. The van der Waals surface area contributed by atoms with Crippen molar-refractivity contribution in [3.05, 3.63) is 48.8 Å². The molecule has 0 aliphatic heterocycles. The van der Waals surface area contributed by atoms with Gasteiger partial charge in [-0.15, -0.1) is 0 Å². The minimum Gasteiger partial charge on any atom is -0.278 e. The second-order valence-electron chi connectivity index (χ2n) is 5.61. The summed E-state index contributed by atoms with van der Waals surface area (Å²) in [6, 6.07) is 8.29. The quantitative estimate of drug-likeness (QED) is 0.773. The summed E-state index contributed by atoms with van der Waals surface area (Å²) >= 11 is 0. The smallest absolute Gasteiger partial charge is 0.261 e. The lowest BCUT2D eigenvalue weighted by Crippen LogP contribution is -2.25. The van der Waals surface area contributed by atoms with E-state index >= 15 is 0 Å². The molecular formula is C15H17N3O4S2. The summed E-state index contributed by atoms with van der Waals surface area (Å²) in [4.78, 5) is 3.86. The highest BCUT2D eigenvalue weighted by Gasteiger charge is 2.24. The van der Waals surface area contributed by atoms with Crippen LogP contribution in [-0.4, -0.2) is 28.4 Å². The Morgan fingerprint density at radius 3 is 2.12 bits per heavy atom. The molecule has 1 aromatic carbocycles. The average Bonchev–Trinajstić information content (AvgIpc) is 3.38. The van der Waals surface area contributed by atoms with Crippen LogP contribution < -0.4 is 9.44 Å². The van der Waals surface area contributed by atoms with E-state index in [0.29, 0.717) is 18.2 Å². The lowest BCUT2D eigenvalue weighted by atomic mass is 10.4. The predicted molar refractivity (Wildman–Crippen MR) is 89.4 cm³/mol. The fourth-order valence-corrected chi connectivity index (χ4v) is 4.23. The summed E-state index contributed by atoms with van der Waals surface area (Å²) in [5.41, 5.74) is 0.334. The van der Waals surface area contributed by atoms with Gasteiger partial charge in [0.05, 0.1) is 21.7 Å². The normalized spacial score (nSPS) is 15.2. The number of nitrogens with one attached hydrogen (secondary N) is 2. The predicted octanol–water partition coefficient (Wildman–Crippen LogP) is 1.57. The van der Waals surface area contributed by atoms with E-state index in [9.17, 15) is 16.8 Å². The van der Waals surface area contributed by atoms with E-state index in [0.717, 1.165) is 12.8 Å². The molecule has 24 heavy (non-hydrogen) atoms. The van der Waals surface area contributed by atoms with Crippen molar-refractivity contribution < 1.29 is 16.8 Å². The van der Waals surface area contributed by atoms with Crippen LogP contribution in [0.3, 0.4) is 0 Å². The summed E-state index contributed by atoms with van der Waals surface area (Å²) in [6.07, 6.45) is 5.00. The van der Waals surface area contributed by atoms with E-state index in [1.165, 1.54) is 36.7 Å². The zero-order chi connectivity index (χ0) is 17.2. The van der Waals surface area contributed by atoms with Gasteiger partial charge < -0.3 is 0 Å². The third-order valence-electron chi connectivity index (χ3n) is 3.62. The van der Waals surface area contributed by atoms with Crippen molar-refractivity contribution in [2.45, 2.75) is 22.6 Å². The molecule has 0 saturated heterocycles. The number of hydrogen-bond acceptors (Lipinski definition) is 5. The molecule has 0 radical (unpaired) electrons. The van der Waals surface area contributed by atoms with E-state index < -0.39 is 20.0 Å². The maximum absolute atomic E-state index is 12.3. The maximum Gasteiger partial charge on any atom is 0.261 e. The Labute approximate surface area is 141 Å². The van der Waals surface area contributed by atoms with Crippen LogP contribution in [0.25, 0.3) is 0 Å². The monoisotopic (exact) mass is 367 g/mol. The number of sulfonamides is 2. The first-order valence-electron chi connectivity index (χ1n) is 7.39. The molecule has 0 bridgehead atoms. The summed E-state index contributed by atoms with van der Waals surface area (Å²) in [6.45, 7) is 0.422. The van der Waals surface area contributed by atoms with Crippen LogP contribution >= 0.6 is 0 Å². The Kier molecular flexibility index (Phi) is 4.57. The van der Waals surface area contributed by atoms with Gasteiger partial charge in [0.15, 0.2) is 0 Å². The SMILES string of the molecule is O=S(=O)(NCC1CC1)c1ccc(S(=O)(=O)Nc2cccnc2)cc1. The topological polar surface area (TPSA) is 105 Å². The standard InChI is InChI=1S/C15H17N3O4S2/c19-23(20,17-10-12-3-4-12)14-5-7-15(8-6-14)24(21,22)18-13-2-1-9-16-11-13/h1-2,5-9,11-12,17-18H,3-4,10H2. The van der Waals surface area contributed by atoms with Gasteiger partial charge in [-0.05, 0) is 55.2 Å². The van der Waals surface area contributed by atoms with Gasteiger partial charge in [-0.1, -0.05) is 0 Å². The van der Waals surface area contributed by atoms with Crippen LogP contribution in [0.2, 0.25) is 0 Å². The minimum atomic E-state index is -3.80. The molecule has 9 heteroatoms. The molecule has 2 aromatic rings. The summed E-state index contributed by atoms with van der Waals surface area (Å²) in [7, 11) is -7.41. The van der Waals surface area contributed by atoms with Crippen molar-refractivity contribution in [2.24, 2.45) is 5.92 Å². The van der Waals surface area contributed by atoms with Crippen molar-refractivity contribution >= 4 is 25.7 Å². The largest absolute Gasteiger partial charge is 0.278 e. The lowest BCUT2D eigenvalue weighted by molar-refractivity contribution is 0.577. The first-order chi connectivity index (χ1) is 11.4. The zero-order valence-corrected chi connectivity index (χ0v) is 14.3. The molecule has 7 nitrogen and oxygen atoms in total. The Hall–Kier alpha value is -1.97. The number of hydrogen-bond donors (Lipinski definition) is 2. The van der Waals surface area contributed by atoms with Crippen LogP contribution in [0.1, 0.15) is 12.8 Å². The zero-order valence-electron chi connectivity index (χ0n) is 12.7. The van der Waals surface area contributed by atoms with Gasteiger partial charge in [-0.2, -0.15) is 0 Å². The molecule has 1 saturated carbocycles. The number of benzene rings is 1. The second-order valence-corrected chi connectivity index (χ2v) is 9.06. The van der Waals surface area contributed by atoms with Crippen LogP contribution in [0.4, 0.5) is 5.69 Å². The van der Waals surface area contributed by atoms with E-state index in [-0.39, 0.29) is 9.79 Å². The maximum atomic E-state index is 12.3. The Bertz CT molecular complexity index is 907. The summed E-state index contributed by atoms with van der Waals surface area (Å²) < 4.78 is 53.7. The number of aromatic nitrogens is 1. The highest BCUT2D eigenvalue weighted by Crippen LogP contribution is 2.28. The fourth-order valence-electron chi connectivity index (χ4n) is 2.07. The van der Waals surface area contributed by atoms with Crippen molar-refractivity contribution in [1.29, 1.82) is 0 Å². The second kappa shape index (κ2) is 6.50. The molecule has 0 spiro atoms. The van der Waals surface area contributed by atoms with Gasteiger partial charge in [0.1, 0.15) is 0 Å². The van der Waals surface area contributed by atoms with Crippen molar-refractivity contribution in [2.75, 3.05) is 11.3 Å². The number of anilines is 1. The van der Waals surface area contributed by atoms with Crippen LogP contribution in [0, 0.1) is 5.92 Å².